The van der Waals surface area contributed by atoms with Gasteiger partial charge >= 0.3 is 0 Å². The predicted octanol–water partition coefficient (Wildman–Crippen LogP) is 3.97. The number of amides is 1. The number of aryl methyl sites for hydroxylation is 1. The van der Waals surface area contributed by atoms with Gasteiger partial charge in [-0.15, -0.1) is 11.3 Å². The zero-order chi connectivity index (χ0) is 14.5. The molecule has 0 saturated carbocycles. The summed E-state index contributed by atoms with van der Waals surface area (Å²) >= 11 is 1.68. The molecule has 1 amide bonds. The summed E-state index contributed by atoms with van der Waals surface area (Å²) in [6.07, 6.45) is 4.33. The third-order valence-electron chi connectivity index (χ3n) is 3.06. The van der Waals surface area contributed by atoms with Crippen LogP contribution in [-0.2, 0) is 11.2 Å². The number of thiophene rings is 1. The number of rotatable bonds is 5. The molecule has 0 saturated heterocycles. The summed E-state index contributed by atoms with van der Waals surface area (Å²) in [7, 11) is 0. The monoisotopic (exact) mass is 298 g/mol. The van der Waals surface area contributed by atoms with E-state index in [4.69, 9.17) is 4.42 Å². The fraction of sp³-hybridized carbons (Fsp3) is 0.125. The molecule has 3 rings (SSSR count). The first kappa shape index (κ1) is 13.6. The molecule has 2 aromatic heterocycles. The van der Waals surface area contributed by atoms with Crippen LogP contribution in [0.4, 0.5) is 5.69 Å². The SMILES string of the molecule is O=C(CCc1cccs1)Nc1ccc(-c2cnco2)cc1. The molecule has 1 aromatic carbocycles. The lowest BCUT2D eigenvalue weighted by atomic mass is 10.1. The molecule has 0 radical (unpaired) electrons. The Kier molecular flexibility index (Phi) is 4.12. The number of oxazole rings is 1. The zero-order valence-corrected chi connectivity index (χ0v) is 12.1. The van der Waals surface area contributed by atoms with Gasteiger partial charge in [0.15, 0.2) is 12.2 Å². The second-order valence-corrected chi connectivity index (χ2v) is 5.60. The Labute approximate surface area is 126 Å². The van der Waals surface area contributed by atoms with Crippen molar-refractivity contribution in [2.24, 2.45) is 0 Å². The van der Waals surface area contributed by atoms with Gasteiger partial charge in [0.25, 0.3) is 0 Å². The Hall–Kier alpha value is -2.40. The second kappa shape index (κ2) is 6.37. The first-order valence-electron chi connectivity index (χ1n) is 6.62. The number of anilines is 1. The highest BCUT2D eigenvalue weighted by Crippen LogP contribution is 2.21. The van der Waals surface area contributed by atoms with Gasteiger partial charge in [-0.25, -0.2) is 4.98 Å². The highest BCUT2D eigenvalue weighted by molar-refractivity contribution is 7.09. The van der Waals surface area contributed by atoms with Crippen LogP contribution in [0.5, 0.6) is 0 Å². The minimum atomic E-state index is 0.0239. The first-order chi connectivity index (χ1) is 10.3. The van der Waals surface area contributed by atoms with E-state index in [0.29, 0.717) is 12.2 Å². The average molecular weight is 298 g/mol. The molecule has 0 aliphatic rings. The summed E-state index contributed by atoms with van der Waals surface area (Å²) in [5.41, 5.74) is 1.72. The van der Waals surface area contributed by atoms with E-state index >= 15 is 0 Å². The fourth-order valence-electron chi connectivity index (χ4n) is 1.99. The Balaban J connectivity index is 1.56. The Bertz CT molecular complexity index is 688. The third-order valence-corrected chi connectivity index (χ3v) is 4.00. The van der Waals surface area contributed by atoms with Crippen LogP contribution in [0.3, 0.4) is 0 Å². The van der Waals surface area contributed by atoms with E-state index < -0.39 is 0 Å². The lowest BCUT2D eigenvalue weighted by Gasteiger charge is -2.05. The molecule has 5 heteroatoms. The molecule has 21 heavy (non-hydrogen) atoms. The molecule has 0 spiro atoms. The van der Waals surface area contributed by atoms with E-state index in [2.05, 4.69) is 10.3 Å². The van der Waals surface area contributed by atoms with E-state index in [1.807, 2.05) is 41.8 Å². The maximum absolute atomic E-state index is 11.9. The molecule has 0 unspecified atom stereocenters. The van der Waals surface area contributed by atoms with Crippen LogP contribution in [-0.4, -0.2) is 10.9 Å². The van der Waals surface area contributed by atoms with Crippen LogP contribution in [0.15, 0.2) is 58.8 Å². The number of hydrogen-bond acceptors (Lipinski definition) is 4. The molecule has 0 atom stereocenters. The van der Waals surface area contributed by atoms with Crippen LogP contribution >= 0.6 is 11.3 Å². The van der Waals surface area contributed by atoms with Gasteiger partial charge in [-0.1, -0.05) is 6.07 Å². The summed E-state index contributed by atoms with van der Waals surface area (Å²) < 4.78 is 5.22. The minimum absolute atomic E-state index is 0.0239. The summed E-state index contributed by atoms with van der Waals surface area (Å²) in [6.45, 7) is 0. The molecule has 0 aliphatic carbocycles. The van der Waals surface area contributed by atoms with Crippen molar-refractivity contribution in [3.05, 3.63) is 59.2 Å². The Morgan fingerprint density at radius 3 is 2.76 bits per heavy atom. The van der Waals surface area contributed by atoms with Crippen molar-refractivity contribution < 1.29 is 9.21 Å². The van der Waals surface area contributed by atoms with Crippen molar-refractivity contribution in [2.45, 2.75) is 12.8 Å². The van der Waals surface area contributed by atoms with Gasteiger partial charge in [-0.05, 0) is 42.1 Å². The molecule has 106 valence electrons. The van der Waals surface area contributed by atoms with Gasteiger partial charge in [0, 0.05) is 22.5 Å². The van der Waals surface area contributed by atoms with Crippen molar-refractivity contribution in [1.82, 2.24) is 4.98 Å². The van der Waals surface area contributed by atoms with Crippen molar-refractivity contribution in [1.29, 1.82) is 0 Å². The lowest BCUT2D eigenvalue weighted by Crippen LogP contribution is -2.11. The standard InChI is InChI=1S/C16H14N2O2S/c19-16(8-7-14-2-1-9-21-14)18-13-5-3-12(4-6-13)15-10-17-11-20-15/h1-6,9-11H,7-8H2,(H,18,19). The number of nitrogens with zero attached hydrogens (tertiary/aromatic N) is 1. The van der Waals surface area contributed by atoms with Gasteiger partial charge in [0.1, 0.15) is 0 Å². The van der Waals surface area contributed by atoms with E-state index in [9.17, 15) is 4.79 Å². The summed E-state index contributed by atoms with van der Waals surface area (Å²) in [5, 5.41) is 4.92. The normalized spacial score (nSPS) is 10.5. The number of hydrogen-bond donors (Lipinski definition) is 1. The quantitative estimate of drug-likeness (QED) is 0.775. The van der Waals surface area contributed by atoms with Crippen LogP contribution < -0.4 is 5.32 Å². The van der Waals surface area contributed by atoms with Crippen molar-refractivity contribution in [3.63, 3.8) is 0 Å². The Morgan fingerprint density at radius 1 is 1.24 bits per heavy atom. The highest BCUT2D eigenvalue weighted by atomic mass is 32.1. The largest absolute Gasteiger partial charge is 0.444 e. The second-order valence-electron chi connectivity index (χ2n) is 4.57. The van der Waals surface area contributed by atoms with Gasteiger partial charge in [-0.3, -0.25) is 4.79 Å². The van der Waals surface area contributed by atoms with Crippen molar-refractivity contribution in [2.75, 3.05) is 5.32 Å². The van der Waals surface area contributed by atoms with E-state index in [0.717, 1.165) is 17.7 Å². The number of aromatic nitrogens is 1. The van der Waals surface area contributed by atoms with Gasteiger partial charge < -0.3 is 9.73 Å². The number of benzene rings is 1. The molecule has 0 fully saturated rings. The molecule has 4 nitrogen and oxygen atoms in total. The van der Waals surface area contributed by atoms with Crippen LogP contribution in [0.25, 0.3) is 11.3 Å². The Morgan fingerprint density at radius 2 is 2.10 bits per heavy atom. The third kappa shape index (κ3) is 3.58. The number of carbonyl (C=O) groups excluding carboxylic acids is 1. The minimum Gasteiger partial charge on any atom is -0.444 e. The van der Waals surface area contributed by atoms with Gasteiger partial charge in [0.2, 0.25) is 5.91 Å². The van der Waals surface area contributed by atoms with Gasteiger partial charge in [0.05, 0.1) is 6.20 Å². The maximum atomic E-state index is 11.9. The van der Waals surface area contributed by atoms with Crippen molar-refractivity contribution >= 4 is 22.9 Å². The number of nitrogens with one attached hydrogen (secondary N) is 1. The van der Waals surface area contributed by atoms with Crippen molar-refractivity contribution in [3.8, 4) is 11.3 Å². The van der Waals surface area contributed by atoms with Crippen LogP contribution in [0, 0.1) is 0 Å². The maximum Gasteiger partial charge on any atom is 0.224 e. The van der Waals surface area contributed by atoms with Gasteiger partial charge in [-0.2, -0.15) is 0 Å². The van der Waals surface area contributed by atoms with Crippen LogP contribution in [0.2, 0.25) is 0 Å². The van der Waals surface area contributed by atoms with E-state index in [1.165, 1.54) is 11.3 Å². The summed E-state index contributed by atoms with van der Waals surface area (Å²) in [4.78, 5) is 17.0. The van der Waals surface area contributed by atoms with Crippen LogP contribution in [0.1, 0.15) is 11.3 Å². The molecular weight excluding hydrogens is 284 g/mol. The predicted molar refractivity (Wildman–Crippen MR) is 83.2 cm³/mol. The molecule has 3 aromatic rings. The average Bonchev–Trinajstić information content (AvgIpc) is 3.19. The molecule has 1 N–H and O–H groups in total. The van der Waals surface area contributed by atoms with E-state index in [1.54, 1.807) is 17.5 Å². The fourth-order valence-corrected chi connectivity index (χ4v) is 2.70. The summed E-state index contributed by atoms with van der Waals surface area (Å²) in [6, 6.07) is 11.6. The molecular formula is C16H14N2O2S. The lowest BCUT2D eigenvalue weighted by molar-refractivity contribution is -0.116. The van der Waals surface area contributed by atoms with E-state index in [-0.39, 0.29) is 5.91 Å². The number of carbonyl (C=O) groups is 1. The molecule has 0 aliphatic heterocycles. The molecule has 2 heterocycles. The highest BCUT2D eigenvalue weighted by Gasteiger charge is 2.05. The molecule has 0 bridgehead atoms. The zero-order valence-electron chi connectivity index (χ0n) is 11.3. The summed E-state index contributed by atoms with van der Waals surface area (Å²) in [5.74, 6) is 0.737. The topological polar surface area (TPSA) is 55.1 Å². The first-order valence-corrected chi connectivity index (χ1v) is 7.50. The smallest absolute Gasteiger partial charge is 0.224 e.